The predicted octanol–water partition coefficient (Wildman–Crippen LogP) is 5.64. The zero-order chi connectivity index (χ0) is 22.1. The quantitative estimate of drug-likeness (QED) is 0.309. The Morgan fingerprint density at radius 2 is 1.90 bits per heavy atom. The van der Waals surface area contributed by atoms with Crippen LogP contribution in [0.5, 0.6) is 0 Å². The maximum Gasteiger partial charge on any atom is 0.290 e. The van der Waals surface area contributed by atoms with Crippen LogP contribution in [0.1, 0.15) is 48.0 Å². The second-order valence-electron chi connectivity index (χ2n) is 7.76. The number of rotatable bonds is 7. The van der Waals surface area contributed by atoms with Gasteiger partial charge in [-0.05, 0) is 62.4 Å². The second-order valence-corrected chi connectivity index (χ2v) is 9.56. The second kappa shape index (κ2) is 9.18. The fourth-order valence-electron chi connectivity index (χ4n) is 3.91. The Kier molecular flexibility index (Phi) is 6.55. The van der Waals surface area contributed by atoms with Gasteiger partial charge in [0, 0.05) is 22.5 Å². The lowest BCUT2D eigenvalue weighted by atomic mass is 9.98. The number of hydrogen-bond donors (Lipinski definition) is 0. The maximum atomic E-state index is 13.5. The minimum absolute atomic E-state index is 0.133. The van der Waals surface area contributed by atoms with E-state index in [0.29, 0.717) is 36.1 Å². The van der Waals surface area contributed by atoms with Crippen LogP contribution in [0, 0.1) is 0 Å². The molecule has 0 saturated heterocycles. The number of ether oxygens (including phenoxy) is 1. The van der Waals surface area contributed by atoms with Crippen LogP contribution in [-0.2, 0) is 4.74 Å². The molecular weight excluding hydrogens is 478 g/mol. The van der Waals surface area contributed by atoms with Crippen molar-refractivity contribution < 1.29 is 13.9 Å². The Morgan fingerprint density at radius 3 is 2.58 bits per heavy atom. The van der Waals surface area contributed by atoms with Crippen LogP contribution in [0.4, 0.5) is 0 Å². The molecule has 4 rings (SSSR count). The van der Waals surface area contributed by atoms with Gasteiger partial charge >= 0.3 is 0 Å². The first-order valence-electron chi connectivity index (χ1n) is 10.2. The first kappa shape index (κ1) is 22.1. The fraction of sp³-hybridized carbons (Fsp3) is 0.333. The van der Waals surface area contributed by atoms with Crippen LogP contribution >= 0.6 is 27.7 Å². The third-order valence-electron chi connectivity index (χ3n) is 5.35. The lowest BCUT2D eigenvalue weighted by molar-refractivity contribution is 0.0593. The van der Waals surface area contributed by atoms with E-state index in [0.717, 1.165) is 14.9 Å². The van der Waals surface area contributed by atoms with Crippen molar-refractivity contribution in [3.63, 3.8) is 0 Å². The third-order valence-corrected chi connectivity index (χ3v) is 6.59. The molecule has 1 atom stereocenters. The monoisotopic (exact) mass is 501 g/mol. The van der Waals surface area contributed by atoms with E-state index in [9.17, 15) is 9.59 Å². The number of carbonyl (C=O) groups is 1. The largest absolute Gasteiger partial charge is 0.450 e. The van der Waals surface area contributed by atoms with Crippen LogP contribution in [0.15, 0.2) is 61.0 Å². The van der Waals surface area contributed by atoms with Gasteiger partial charge < -0.3 is 14.1 Å². The minimum Gasteiger partial charge on any atom is -0.450 e. The smallest absolute Gasteiger partial charge is 0.290 e. The van der Waals surface area contributed by atoms with Crippen molar-refractivity contribution in [2.24, 2.45) is 0 Å². The number of halogens is 1. The summed E-state index contributed by atoms with van der Waals surface area (Å²) in [5.74, 6) is -0.107. The van der Waals surface area contributed by atoms with Crippen molar-refractivity contribution >= 4 is 44.6 Å². The third kappa shape index (κ3) is 4.31. The van der Waals surface area contributed by atoms with Gasteiger partial charge in [0.25, 0.3) is 5.91 Å². The lowest BCUT2D eigenvalue weighted by Gasteiger charge is -2.25. The number of carbonyl (C=O) groups excluding carboxylic acids is 1. The molecule has 0 bridgehead atoms. The molecule has 3 aromatic rings. The standard InChI is InChI=1S/C24H24BrNO4S/c1-14(2)29-12-4-11-26-21(15-5-8-17(31-3)9-6-15)20-22(27)18-13-16(25)7-10-19(18)30-23(20)24(26)28/h5-10,13-14,21H,4,11-12H2,1-3H3/t21-/m0/s1. The predicted molar refractivity (Wildman–Crippen MR) is 127 cm³/mol. The van der Waals surface area contributed by atoms with Gasteiger partial charge in [-0.1, -0.05) is 28.1 Å². The SMILES string of the molecule is CSc1ccc([C@H]2c3c(oc4ccc(Br)cc4c3=O)C(=O)N2CCCOC(C)C)cc1. The minimum atomic E-state index is -0.475. The van der Waals surface area contributed by atoms with Crippen molar-refractivity contribution in [3.05, 3.63) is 74.0 Å². The first-order valence-corrected chi connectivity index (χ1v) is 12.2. The van der Waals surface area contributed by atoms with E-state index < -0.39 is 6.04 Å². The van der Waals surface area contributed by atoms with Crippen molar-refractivity contribution in [2.45, 2.75) is 37.3 Å². The Morgan fingerprint density at radius 1 is 1.16 bits per heavy atom. The first-order chi connectivity index (χ1) is 14.9. The molecule has 0 unspecified atom stereocenters. The van der Waals surface area contributed by atoms with Gasteiger partial charge in [-0.3, -0.25) is 9.59 Å². The molecule has 0 radical (unpaired) electrons. The van der Waals surface area contributed by atoms with Gasteiger partial charge in [-0.15, -0.1) is 11.8 Å². The number of fused-ring (bicyclic) bond motifs is 2. The Hall–Kier alpha value is -2.09. The summed E-state index contributed by atoms with van der Waals surface area (Å²) in [6, 6.07) is 12.8. The highest BCUT2D eigenvalue weighted by atomic mass is 79.9. The maximum absolute atomic E-state index is 13.5. The van der Waals surface area contributed by atoms with Crippen LogP contribution in [-0.4, -0.2) is 36.3 Å². The Bertz CT molecular complexity index is 1170. The number of nitrogens with zero attached hydrogens (tertiary/aromatic N) is 1. The van der Waals surface area contributed by atoms with Gasteiger partial charge in [-0.2, -0.15) is 0 Å². The molecule has 1 aromatic heterocycles. The Balaban J connectivity index is 1.81. The molecule has 0 fully saturated rings. The van der Waals surface area contributed by atoms with E-state index in [1.165, 1.54) is 0 Å². The molecule has 0 spiro atoms. The molecular formula is C24H24BrNO4S. The summed E-state index contributed by atoms with van der Waals surface area (Å²) in [4.78, 5) is 29.7. The number of amides is 1. The van der Waals surface area contributed by atoms with Crippen LogP contribution in [0.2, 0.25) is 0 Å². The molecule has 2 heterocycles. The van der Waals surface area contributed by atoms with Crippen molar-refractivity contribution in [3.8, 4) is 0 Å². The molecule has 0 saturated carbocycles. The summed E-state index contributed by atoms with van der Waals surface area (Å²) in [6.45, 7) is 4.99. The van der Waals surface area contributed by atoms with Crippen LogP contribution < -0.4 is 5.43 Å². The van der Waals surface area contributed by atoms with Gasteiger partial charge in [-0.25, -0.2) is 0 Å². The molecule has 5 nitrogen and oxygen atoms in total. The van der Waals surface area contributed by atoms with E-state index >= 15 is 0 Å². The molecule has 0 aliphatic carbocycles. The van der Waals surface area contributed by atoms with Crippen LogP contribution in [0.3, 0.4) is 0 Å². The van der Waals surface area contributed by atoms with Gasteiger partial charge in [0.15, 0.2) is 5.43 Å². The van der Waals surface area contributed by atoms with E-state index in [4.69, 9.17) is 9.15 Å². The zero-order valence-electron chi connectivity index (χ0n) is 17.7. The molecule has 31 heavy (non-hydrogen) atoms. The highest BCUT2D eigenvalue weighted by molar-refractivity contribution is 9.10. The average Bonchev–Trinajstić information content (AvgIpc) is 3.04. The van der Waals surface area contributed by atoms with Crippen molar-refractivity contribution in [2.75, 3.05) is 19.4 Å². The summed E-state index contributed by atoms with van der Waals surface area (Å²) >= 11 is 5.08. The highest BCUT2D eigenvalue weighted by Gasteiger charge is 2.42. The van der Waals surface area contributed by atoms with E-state index in [1.807, 2.05) is 44.4 Å². The molecule has 1 aliphatic heterocycles. The lowest BCUT2D eigenvalue weighted by Crippen LogP contribution is -2.31. The van der Waals surface area contributed by atoms with Crippen molar-refractivity contribution in [1.82, 2.24) is 4.90 Å². The van der Waals surface area contributed by atoms with E-state index in [1.54, 1.807) is 34.9 Å². The molecule has 162 valence electrons. The van der Waals surface area contributed by atoms with Crippen molar-refractivity contribution in [1.29, 1.82) is 0 Å². The number of benzene rings is 2. The molecule has 1 aliphatic rings. The summed E-state index contributed by atoms with van der Waals surface area (Å²) in [6.07, 6.45) is 2.83. The number of hydrogen-bond acceptors (Lipinski definition) is 5. The summed E-state index contributed by atoms with van der Waals surface area (Å²) in [5.41, 5.74) is 1.57. The molecule has 0 N–H and O–H groups in total. The summed E-state index contributed by atoms with van der Waals surface area (Å²) in [7, 11) is 0. The van der Waals surface area contributed by atoms with E-state index in [-0.39, 0.29) is 23.2 Å². The normalized spacial score (nSPS) is 15.8. The van der Waals surface area contributed by atoms with Gasteiger partial charge in [0.05, 0.1) is 23.1 Å². The molecule has 2 aromatic carbocycles. The zero-order valence-corrected chi connectivity index (χ0v) is 20.1. The Labute approximate surface area is 193 Å². The summed E-state index contributed by atoms with van der Waals surface area (Å²) in [5, 5.41) is 0.469. The van der Waals surface area contributed by atoms with Gasteiger partial charge in [0.2, 0.25) is 5.76 Å². The topological polar surface area (TPSA) is 59.8 Å². The average molecular weight is 502 g/mol. The molecule has 7 heteroatoms. The van der Waals surface area contributed by atoms with E-state index in [2.05, 4.69) is 15.9 Å². The molecule has 1 amide bonds. The highest BCUT2D eigenvalue weighted by Crippen LogP contribution is 2.38. The number of thioether (sulfide) groups is 1. The van der Waals surface area contributed by atoms with Crippen LogP contribution in [0.25, 0.3) is 11.0 Å². The summed E-state index contributed by atoms with van der Waals surface area (Å²) < 4.78 is 12.4. The van der Waals surface area contributed by atoms with Gasteiger partial charge in [0.1, 0.15) is 5.58 Å². The fourth-order valence-corrected chi connectivity index (χ4v) is 4.68.